The standard InChI is InChI=1S/C18H23N5O2/c1-25-12-7-19-18-20-16(15-5-3-2-4-6-15)13-17(21-18)23-10-8-22(14-24)9-11-23/h2-6,13-14H,7-12H2,1H3,(H,19,20,21). The fourth-order valence-electron chi connectivity index (χ4n) is 2.75. The summed E-state index contributed by atoms with van der Waals surface area (Å²) >= 11 is 0. The average molecular weight is 341 g/mol. The summed E-state index contributed by atoms with van der Waals surface area (Å²) in [4.78, 5) is 24.2. The van der Waals surface area contributed by atoms with Gasteiger partial charge in [0, 0.05) is 51.5 Å². The van der Waals surface area contributed by atoms with Gasteiger partial charge in [0.1, 0.15) is 5.82 Å². The van der Waals surface area contributed by atoms with Crippen molar-refractivity contribution >= 4 is 18.2 Å². The molecular formula is C18H23N5O2. The van der Waals surface area contributed by atoms with E-state index in [1.165, 1.54) is 0 Å². The minimum Gasteiger partial charge on any atom is -0.383 e. The second-order valence-corrected chi connectivity index (χ2v) is 5.85. The summed E-state index contributed by atoms with van der Waals surface area (Å²) in [7, 11) is 1.67. The smallest absolute Gasteiger partial charge is 0.225 e. The maximum atomic E-state index is 10.9. The van der Waals surface area contributed by atoms with E-state index < -0.39 is 0 Å². The van der Waals surface area contributed by atoms with Crippen molar-refractivity contribution in [2.45, 2.75) is 0 Å². The van der Waals surface area contributed by atoms with E-state index in [0.717, 1.165) is 36.6 Å². The average Bonchev–Trinajstić information content (AvgIpc) is 2.69. The quantitative estimate of drug-likeness (QED) is 0.608. The number of rotatable bonds is 7. The number of nitrogens with one attached hydrogen (secondary N) is 1. The second kappa shape index (κ2) is 8.43. The Bertz CT molecular complexity index is 687. The molecule has 0 saturated carbocycles. The maximum Gasteiger partial charge on any atom is 0.225 e. The summed E-state index contributed by atoms with van der Waals surface area (Å²) < 4.78 is 5.08. The van der Waals surface area contributed by atoms with Gasteiger partial charge in [-0.3, -0.25) is 4.79 Å². The Morgan fingerprint density at radius 1 is 1.16 bits per heavy atom. The largest absolute Gasteiger partial charge is 0.383 e. The lowest BCUT2D eigenvalue weighted by molar-refractivity contribution is -0.118. The fourth-order valence-corrected chi connectivity index (χ4v) is 2.75. The fraction of sp³-hybridized carbons (Fsp3) is 0.389. The molecule has 132 valence electrons. The molecule has 1 fully saturated rings. The maximum absolute atomic E-state index is 10.9. The van der Waals surface area contributed by atoms with Crippen molar-refractivity contribution in [3.63, 3.8) is 0 Å². The van der Waals surface area contributed by atoms with Crippen LogP contribution in [0.5, 0.6) is 0 Å². The number of piperazine rings is 1. The number of benzene rings is 1. The number of anilines is 2. The van der Waals surface area contributed by atoms with Crippen molar-refractivity contribution in [3.8, 4) is 11.3 Å². The Kier molecular flexibility index (Phi) is 5.79. The van der Waals surface area contributed by atoms with Gasteiger partial charge in [0.2, 0.25) is 12.4 Å². The molecule has 0 bridgehead atoms. The molecule has 3 rings (SSSR count). The van der Waals surface area contributed by atoms with Crippen molar-refractivity contribution in [3.05, 3.63) is 36.4 Å². The van der Waals surface area contributed by atoms with Gasteiger partial charge < -0.3 is 19.9 Å². The minimum atomic E-state index is 0.589. The van der Waals surface area contributed by atoms with Gasteiger partial charge in [-0.25, -0.2) is 4.98 Å². The highest BCUT2D eigenvalue weighted by Gasteiger charge is 2.18. The summed E-state index contributed by atoms with van der Waals surface area (Å²) in [6.45, 7) is 4.18. The second-order valence-electron chi connectivity index (χ2n) is 5.85. The monoisotopic (exact) mass is 341 g/mol. The number of hydrogen-bond acceptors (Lipinski definition) is 6. The van der Waals surface area contributed by atoms with E-state index in [1.807, 2.05) is 36.4 Å². The molecule has 1 aromatic heterocycles. The number of hydrogen-bond donors (Lipinski definition) is 1. The number of carbonyl (C=O) groups excluding carboxylic acids is 1. The van der Waals surface area contributed by atoms with E-state index in [4.69, 9.17) is 4.74 Å². The van der Waals surface area contributed by atoms with Crippen molar-refractivity contribution in [1.29, 1.82) is 0 Å². The first-order valence-electron chi connectivity index (χ1n) is 8.42. The van der Waals surface area contributed by atoms with Crippen molar-refractivity contribution in [2.24, 2.45) is 0 Å². The topological polar surface area (TPSA) is 70.6 Å². The Morgan fingerprint density at radius 3 is 2.60 bits per heavy atom. The lowest BCUT2D eigenvalue weighted by Crippen LogP contribution is -2.46. The van der Waals surface area contributed by atoms with Crippen LogP contribution in [0, 0.1) is 0 Å². The molecule has 2 heterocycles. The van der Waals surface area contributed by atoms with Gasteiger partial charge in [-0.15, -0.1) is 0 Å². The van der Waals surface area contributed by atoms with Gasteiger partial charge in [-0.05, 0) is 0 Å². The number of aromatic nitrogens is 2. The number of carbonyl (C=O) groups is 1. The molecular weight excluding hydrogens is 318 g/mol. The molecule has 1 aliphatic rings. The van der Waals surface area contributed by atoms with Crippen LogP contribution in [0.1, 0.15) is 0 Å². The first-order chi connectivity index (χ1) is 12.3. The van der Waals surface area contributed by atoms with Gasteiger partial charge in [-0.2, -0.15) is 4.98 Å². The zero-order valence-corrected chi connectivity index (χ0v) is 14.4. The Morgan fingerprint density at radius 2 is 1.92 bits per heavy atom. The van der Waals surface area contributed by atoms with Crippen LogP contribution in [0.15, 0.2) is 36.4 Å². The first-order valence-corrected chi connectivity index (χ1v) is 8.42. The van der Waals surface area contributed by atoms with Crippen LogP contribution >= 0.6 is 0 Å². The van der Waals surface area contributed by atoms with Crippen LogP contribution in [0.4, 0.5) is 11.8 Å². The van der Waals surface area contributed by atoms with E-state index in [9.17, 15) is 4.79 Å². The molecule has 1 aromatic carbocycles. The molecule has 25 heavy (non-hydrogen) atoms. The lowest BCUT2D eigenvalue weighted by Gasteiger charge is -2.33. The summed E-state index contributed by atoms with van der Waals surface area (Å²) in [6.07, 6.45) is 0.907. The van der Waals surface area contributed by atoms with E-state index >= 15 is 0 Å². The SMILES string of the molecule is COCCNc1nc(-c2ccccc2)cc(N2CCN(C=O)CC2)n1. The molecule has 2 aromatic rings. The van der Waals surface area contributed by atoms with Crippen LogP contribution < -0.4 is 10.2 Å². The first kappa shape index (κ1) is 17.2. The van der Waals surface area contributed by atoms with E-state index in [0.29, 0.717) is 32.2 Å². The van der Waals surface area contributed by atoms with Crippen molar-refractivity contribution in [1.82, 2.24) is 14.9 Å². The van der Waals surface area contributed by atoms with Crippen LogP contribution in [0.25, 0.3) is 11.3 Å². The van der Waals surface area contributed by atoms with Crippen molar-refractivity contribution in [2.75, 3.05) is 56.7 Å². The predicted octanol–water partition coefficient (Wildman–Crippen LogP) is 1.48. The Balaban J connectivity index is 1.85. The molecule has 0 aliphatic carbocycles. The third-order valence-corrected chi connectivity index (χ3v) is 4.16. The highest BCUT2D eigenvalue weighted by molar-refractivity contribution is 5.65. The van der Waals surface area contributed by atoms with Crippen LogP contribution in [-0.4, -0.2) is 67.7 Å². The van der Waals surface area contributed by atoms with Gasteiger partial charge >= 0.3 is 0 Å². The van der Waals surface area contributed by atoms with Crippen molar-refractivity contribution < 1.29 is 9.53 Å². The summed E-state index contributed by atoms with van der Waals surface area (Å²) in [5.41, 5.74) is 1.93. The molecule has 0 atom stereocenters. The predicted molar refractivity (Wildman–Crippen MR) is 97.7 cm³/mol. The highest BCUT2D eigenvalue weighted by Crippen LogP contribution is 2.24. The molecule has 1 N–H and O–H groups in total. The number of methoxy groups -OCH3 is 1. The summed E-state index contributed by atoms with van der Waals surface area (Å²) in [5, 5.41) is 3.21. The summed E-state index contributed by atoms with van der Waals surface area (Å²) in [6, 6.07) is 12.1. The molecule has 1 saturated heterocycles. The lowest BCUT2D eigenvalue weighted by atomic mass is 10.1. The van der Waals surface area contributed by atoms with Crippen LogP contribution in [0.3, 0.4) is 0 Å². The van der Waals surface area contributed by atoms with Crippen LogP contribution in [0.2, 0.25) is 0 Å². The molecule has 1 amide bonds. The van der Waals surface area contributed by atoms with E-state index in [2.05, 4.69) is 20.2 Å². The molecule has 0 radical (unpaired) electrons. The molecule has 7 nitrogen and oxygen atoms in total. The van der Waals surface area contributed by atoms with Gasteiger partial charge in [0.05, 0.1) is 12.3 Å². The van der Waals surface area contributed by atoms with Gasteiger partial charge in [0.25, 0.3) is 0 Å². The Labute approximate surface area is 147 Å². The number of amides is 1. The zero-order valence-electron chi connectivity index (χ0n) is 14.4. The molecule has 1 aliphatic heterocycles. The Hall–Kier alpha value is -2.67. The van der Waals surface area contributed by atoms with E-state index in [-0.39, 0.29) is 0 Å². The van der Waals surface area contributed by atoms with Gasteiger partial charge in [-0.1, -0.05) is 30.3 Å². The zero-order chi connectivity index (χ0) is 17.5. The van der Waals surface area contributed by atoms with E-state index in [1.54, 1.807) is 12.0 Å². The minimum absolute atomic E-state index is 0.589. The molecule has 0 spiro atoms. The molecule has 0 unspecified atom stereocenters. The van der Waals surface area contributed by atoms with Crippen LogP contribution in [-0.2, 0) is 9.53 Å². The third kappa shape index (κ3) is 4.45. The normalized spacial score (nSPS) is 14.4. The molecule has 7 heteroatoms. The number of nitrogens with zero attached hydrogens (tertiary/aromatic N) is 4. The highest BCUT2D eigenvalue weighted by atomic mass is 16.5. The number of ether oxygens (including phenoxy) is 1. The summed E-state index contributed by atoms with van der Waals surface area (Å²) in [5.74, 6) is 1.46. The van der Waals surface area contributed by atoms with Gasteiger partial charge in [0.15, 0.2) is 0 Å². The third-order valence-electron chi connectivity index (χ3n) is 4.16.